The Labute approximate surface area is 167 Å². The molecule has 9 nitrogen and oxygen atoms in total. The maximum Gasteiger partial charge on any atom is 0.400 e. The molecule has 0 unspecified atom stereocenters. The first-order chi connectivity index (χ1) is 13.3. The Morgan fingerprint density at radius 1 is 0.857 bits per heavy atom. The summed E-state index contributed by atoms with van der Waals surface area (Å²) in [5.41, 5.74) is 0. The molecule has 4 N–H and O–H groups in total. The standard InChI is InChI=1S/C18H36O9S/c1-2-3-4-5-6-7-8-9-10-11-12-25-28(23,24)27-17-16(21)15(20)14(13-19)26-18(17)22/h14-22H,2-13H2,1H3/t14-,15-,16+,17-,18-/m1/s1. The van der Waals surface area contributed by atoms with Crippen LogP contribution in [0.15, 0.2) is 0 Å². The van der Waals surface area contributed by atoms with Crippen molar-refractivity contribution >= 4 is 10.4 Å². The van der Waals surface area contributed by atoms with E-state index < -0.39 is 47.7 Å². The molecule has 10 heteroatoms. The lowest BCUT2D eigenvalue weighted by Gasteiger charge is -2.38. The van der Waals surface area contributed by atoms with Crippen LogP contribution in [-0.4, -0.2) is 72.8 Å². The summed E-state index contributed by atoms with van der Waals surface area (Å²) < 4.78 is 37.9. The molecule has 0 radical (unpaired) electrons. The van der Waals surface area contributed by atoms with E-state index in [9.17, 15) is 23.7 Å². The van der Waals surface area contributed by atoms with Gasteiger partial charge in [0, 0.05) is 0 Å². The molecule has 168 valence electrons. The largest absolute Gasteiger partial charge is 0.400 e. The maximum atomic E-state index is 11.9. The van der Waals surface area contributed by atoms with Gasteiger partial charge in [-0.2, -0.15) is 8.42 Å². The zero-order valence-corrected chi connectivity index (χ0v) is 17.4. The van der Waals surface area contributed by atoms with Crippen LogP contribution in [0.25, 0.3) is 0 Å². The van der Waals surface area contributed by atoms with Crippen molar-refractivity contribution in [1.82, 2.24) is 0 Å². The van der Waals surface area contributed by atoms with Crippen LogP contribution in [0.3, 0.4) is 0 Å². The number of hydrogen-bond acceptors (Lipinski definition) is 9. The summed E-state index contributed by atoms with van der Waals surface area (Å²) in [4.78, 5) is 0. The lowest BCUT2D eigenvalue weighted by atomic mass is 9.99. The van der Waals surface area contributed by atoms with E-state index in [4.69, 9.17) is 14.0 Å². The molecule has 0 aliphatic carbocycles. The van der Waals surface area contributed by atoms with Gasteiger partial charge < -0.3 is 25.2 Å². The van der Waals surface area contributed by atoms with Gasteiger partial charge in [0.05, 0.1) is 13.2 Å². The zero-order chi connectivity index (χ0) is 21.0. The fourth-order valence-corrected chi connectivity index (χ4v) is 3.95. The van der Waals surface area contributed by atoms with E-state index >= 15 is 0 Å². The molecule has 1 fully saturated rings. The molecule has 1 aliphatic rings. The molecular formula is C18H36O9S. The summed E-state index contributed by atoms with van der Waals surface area (Å²) in [6.07, 6.45) is 2.82. The van der Waals surface area contributed by atoms with Gasteiger partial charge in [-0.15, -0.1) is 0 Å². The molecule has 1 aliphatic heterocycles. The summed E-state index contributed by atoms with van der Waals surface area (Å²) >= 11 is 0. The Kier molecular flexibility index (Phi) is 12.7. The molecule has 0 amide bonds. The van der Waals surface area contributed by atoms with Gasteiger partial charge in [-0.3, -0.25) is 0 Å². The number of unbranched alkanes of at least 4 members (excludes halogenated alkanes) is 9. The Morgan fingerprint density at radius 2 is 1.39 bits per heavy atom. The minimum atomic E-state index is -4.48. The molecule has 1 heterocycles. The zero-order valence-electron chi connectivity index (χ0n) is 16.6. The molecule has 0 aromatic carbocycles. The second kappa shape index (κ2) is 13.8. The van der Waals surface area contributed by atoms with E-state index in [-0.39, 0.29) is 6.61 Å². The molecule has 1 rings (SSSR count). The van der Waals surface area contributed by atoms with Crippen molar-refractivity contribution < 1.29 is 41.9 Å². The first kappa shape index (κ1) is 25.7. The third-order valence-corrected chi connectivity index (χ3v) is 5.71. The Hall–Kier alpha value is -0.330. The van der Waals surface area contributed by atoms with Crippen LogP contribution in [0, 0.1) is 0 Å². The predicted octanol–water partition coefficient (Wildman–Crippen LogP) is 0.985. The van der Waals surface area contributed by atoms with Crippen molar-refractivity contribution in [2.24, 2.45) is 0 Å². The third-order valence-electron chi connectivity index (χ3n) is 4.80. The predicted molar refractivity (Wildman–Crippen MR) is 102 cm³/mol. The average molecular weight is 429 g/mol. The van der Waals surface area contributed by atoms with Crippen LogP contribution in [0.4, 0.5) is 0 Å². The second-order valence-electron chi connectivity index (χ2n) is 7.20. The third kappa shape index (κ3) is 9.45. The minimum absolute atomic E-state index is 0.0690. The maximum absolute atomic E-state index is 11.9. The summed E-state index contributed by atoms with van der Waals surface area (Å²) in [5, 5.41) is 38.4. The molecule has 0 bridgehead atoms. The van der Waals surface area contributed by atoms with Crippen LogP contribution in [0.1, 0.15) is 71.1 Å². The van der Waals surface area contributed by atoms with Crippen molar-refractivity contribution in [3.63, 3.8) is 0 Å². The minimum Gasteiger partial charge on any atom is -0.394 e. The van der Waals surface area contributed by atoms with Gasteiger partial charge >= 0.3 is 10.4 Å². The quantitative estimate of drug-likeness (QED) is 0.281. The summed E-state index contributed by atoms with van der Waals surface area (Å²) in [5.74, 6) is 0. The highest BCUT2D eigenvalue weighted by Crippen LogP contribution is 2.24. The molecule has 5 atom stereocenters. The highest BCUT2D eigenvalue weighted by atomic mass is 32.3. The molecular weight excluding hydrogens is 392 g/mol. The van der Waals surface area contributed by atoms with Crippen molar-refractivity contribution in [1.29, 1.82) is 0 Å². The highest BCUT2D eigenvalue weighted by Gasteiger charge is 2.46. The molecule has 1 saturated heterocycles. The van der Waals surface area contributed by atoms with Crippen molar-refractivity contribution in [2.45, 2.75) is 102 Å². The van der Waals surface area contributed by atoms with Gasteiger partial charge in [-0.25, -0.2) is 8.37 Å². The van der Waals surface area contributed by atoms with Gasteiger partial charge in [0.1, 0.15) is 18.3 Å². The van der Waals surface area contributed by atoms with Gasteiger partial charge in [0.15, 0.2) is 12.4 Å². The highest BCUT2D eigenvalue weighted by molar-refractivity contribution is 7.81. The Bertz CT molecular complexity index is 499. The number of aliphatic hydroxyl groups is 4. The lowest BCUT2D eigenvalue weighted by Crippen LogP contribution is -2.59. The topological polar surface area (TPSA) is 143 Å². The van der Waals surface area contributed by atoms with Crippen LogP contribution in [0.5, 0.6) is 0 Å². The lowest BCUT2D eigenvalue weighted by molar-refractivity contribution is -0.281. The van der Waals surface area contributed by atoms with E-state index in [2.05, 4.69) is 11.1 Å². The van der Waals surface area contributed by atoms with E-state index in [0.717, 1.165) is 19.3 Å². The van der Waals surface area contributed by atoms with Gasteiger partial charge in [-0.05, 0) is 6.42 Å². The second-order valence-corrected chi connectivity index (χ2v) is 8.45. The van der Waals surface area contributed by atoms with Gasteiger partial charge in [0.25, 0.3) is 0 Å². The van der Waals surface area contributed by atoms with E-state index in [1.165, 1.54) is 38.5 Å². The monoisotopic (exact) mass is 428 g/mol. The number of hydrogen-bond donors (Lipinski definition) is 4. The molecule has 0 aromatic heterocycles. The fraction of sp³-hybridized carbons (Fsp3) is 1.00. The summed E-state index contributed by atoms with van der Waals surface area (Å²) in [6.45, 7) is 1.47. The molecule has 0 spiro atoms. The Balaban J connectivity index is 2.19. The first-order valence-corrected chi connectivity index (χ1v) is 11.5. The smallest absolute Gasteiger partial charge is 0.394 e. The van der Waals surface area contributed by atoms with Gasteiger partial charge in [0.2, 0.25) is 0 Å². The molecule has 0 aromatic rings. The van der Waals surface area contributed by atoms with E-state index in [1.54, 1.807) is 0 Å². The van der Waals surface area contributed by atoms with Crippen LogP contribution in [-0.2, 0) is 23.5 Å². The number of ether oxygens (including phenoxy) is 1. The van der Waals surface area contributed by atoms with Crippen molar-refractivity contribution in [2.75, 3.05) is 13.2 Å². The average Bonchev–Trinajstić information content (AvgIpc) is 2.66. The van der Waals surface area contributed by atoms with E-state index in [0.29, 0.717) is 6.42 Å². The number of rotatable bonds is 15. The Morgan fingerprint density at radius 3 is 1.93 bits per heavy atom. The van der Waals surface area contributed by atoms with Crippen molar-refractivity contribution in [3.8, 4) is 0 Å². The number of aliphatic hydroxyl groups excluding tert-OH is 4. The SMILES string of the molecule is CCCCCCCCCCCCOS(=O)(=O)O[C@@H]1[C@@H](O)[C@H](O)[C@@H](CO)O[C@H]1O. The normalized spacial score (nSPS) is 28.5. The first-order valence-electron chi connectivity index (χ1n) is 10.2. The summed E-state index contributed by atoms with van der Waals surface area (Å²) in [7, 11) is -4.48. The van der Waals surface area contributed by atoms with Crippen molar-refractivity contribution in [3.05, 3.63) is 0 Å². The van der Waals surface area contributed by atoms with E-state index in [1.807, 2.05) is 0 Å². The van der Waals surface area contributed by atoms with Crippen LogP contribution >= 0.6 is 0 Å². The van der Waals surface area contributed by atoms with Crippen LogP contribution < -0.4 is 0 Å². The van der Waals surface area contributed by atoms with Gasteiger partial charge in [-0.1, -0.05) is 64.7 Å². The van der Waals surface area contributed by atoms with Crippen LogP contribution in [0.2, 0.25) is 0 Å². The fourth-order valence-electron chi connectivity index (χ4n) is 3.09. The molecule has 28 heavy (non-hydrogen) atoms. The molecule has 0 saturated carbocycles. The summed E-state index contributed by atoms with van der Waals surface area (Å²) in [6, 6.07) is 0.